The van der Waals surface area contributed by atoms with E-state index in [1.54, 1.807) is 7.11 Å². The van der Waals surface area contributed by atoms with Crippen molar-refractivity contribution >= 4 is 0 Å². The summed E-state index contributed by atoms with van der Waals surface area (Å²) >= 11 is 0. The van der Waals surface area contributed by atoms with Gasteiger partial charge in [-0.05, 0) is 51.6 Å². The summed E-state index contributed by atoms with van der Waals surface area (Å²) in [5, 5.41) is 3.47. The van der Waals surface area contributed by atoms with Crippen molar-refractivity contribution in [2.75, 3.05) is 33.4 Å². The molecule has 1 aromatic rings. The lowest BCUT2D eigenvalue weighted by Gasteiger charge is -2.23. The highest BCUT2D eigenvalue weighted by atomic mass is 16.5. The number of methoxy groups -OCH3 is 1. The lowest BCUT2D eigenvalue weighted by atomic mass is 9.96. The van der Waals surface area contributed by atoms with Crippen LogP contribution in [0, 0.1) is 5.92 Å². The van der Waals surface area contributed by atoms with Crippen LogP contribution >= 0.6 is 0 Å². The third-order valence-electron chi connectivity index (χ3n) is 3.34. The van der Waals surface area contributed by atoms with Gasteiger partial charge in [0.05, 0.1) is 12.2 Å². The summed E-state index contributed by atoms with van der Waals surface area (Å²) in [7, 11) is 1.74. The molecule has 0 amide bonds. The normalized spacial score (nSPS) is 13.3. The second-order valence-corrected chi connectivity index (χ2v) is 6.50. The molecule has 3 nitrogen and oxygen atoms in total. The van der Waals surface area contributed by atoms with Crippen molar-refractivity contribution in [3.63, 3.8) is 0 Å². The number of hydrogen-bond donors (Lipinski definition) is 1. The molecule has 1 N–H and O–H groups in total. The number of nitrogens with one attached hydrogen (secondary N) is 1. The van der Waals surface area contributed by atoms with Gasteiger partial charge in [0.1, 0.15) is 0 Å². The summed E-state index contributed by atoms with van der Waals surface area (Å²) in [6.45, 7) is 9.80. The van der Waals surface area contributed by atoms with Gasteiger partial charge in [0.2, 0.25) is 0 Å². The van der Waals surface area contributed by atoms with E-state index in [1.807, 2.05) is 0 Å². The van der Waals surface area contributed by atoms with Gasteiger partial charge in [-0.1, -0.05) is 30.3 Å². The van der Waals surface area contributed by atoms with Gasteiger partial charge in [-0.2, -0.15) is 0 Å². The summed E-state index contributed by atoms with van der Waals surface area (Å²) in [6.07, 6.45) is 2.17. The Morgan fingerprint density at radius 2 is 1.81 bits per heavy atom. The summed E-state index contributed by atoms with van der Waals surface area (Å²) in [6, 6.07) is 10.7. The van der Waals surface area contributed by atoms with Crippen molar-refractivity contribution in [1.82, 2.24) is 5.32 Å². The lowest BCUT2D eigenvalue weighted by Crippen LogP contribution is -2.29. The van der Waals surface area contributed by atoms with Crippen molar-refractivity contribution in [3.05, 3.63) is 35.9 Å². The Balaban J connectivity index is 2.41. The van der Waals surface area contributed by atoms with E-state index in [2.05, 4.69) is 56.4 Å². The zero-order valence-corrected chi connectivity index (χ0v) is 14.0. The van der Waals surface area contributed by atoms with Crippen LogP contribution in [0.15, 0.2) is 30.3 Å². The van der Waals surface area contributed by atoms with Gasteiger partial charge in [-0.25, -0.2) is 0 Å². The van der Waals surface area contributed by atoms with E-state index in [1.165, 1.54) is 5.56 Å². The highest BCUT2D eigenvalue weighted by Crippen LogP contribution is 2.14. The molecule has 0 spiro atoms. The molecule has 0 aliphatic heterocycles. The molecule has 0 aromatic heterocycles. The molecule has 0 fully saturated rings. The Morgan fingerprint density at radius 1 is 1.10 bits per heavy atom. The molecule has 1 aromatic carbocycles. The first-order valence-electron chi connectivity index (χ1n) is 7.89. The predicted molar refractivity (Wildman–Crippen MR) is 88.7 cm³/mol. The molecule has 0 bridgehead atoms. The standard InChI is InChI=1S/C18H31NO2/c1-18(2,3)21-12-10-17(15-19-11-13-20-4)14-16-8-6-5-7-9-16/h5-9,17,19H,10-15H2,1-4H3. The van der Waals surface area contributed by atoms with E-state index in [0.717, 1.165) is 39.1 Å². The maximum atomic E-state index is 5.87. The Kier molecular flexibility index (Phi) is 8.58. The van der Waals surface area contributed by atoms with Crippen LogP contribution in [-0.4, -0.2) is 39.0 Å². The third kappa shape index (κ3) is 9.62. The maximum absolute atomic E-state index is 5.87. The van der Waals surface area contributed by atoms with Crippen LogP contribution in [0.3, 0.4) is 0 Å². The minimum absolute atomic E-state index is 0.0548. The number of rotatable bonds is 10. The molecular weight excluding hydrogens is 262 g/mol. The van der Waals surface area contributed by atoms with Crippen LogP contribution in [-0.2, 0) is 15.9 Å². The molecule has 120 valence electrons. The van der Waals surface area contributed by atoms with Crippen LogP contribution in [0.25, 0.3) is 0 Å². The van der Waals surface area contributed by atoms with Crippen molar-refractivity contribution in [1.29, 1.82) is 0 Å². The first-order chi connectivity index (χ1) is 10.0. The maximum Gasteiger partial charge on any atom is 0.0598 e. The molecule has 3 heteroatoms. The quantitative estimate of drug-likeness (QED) is 0.672. The van der Waals surface area contributed by atoms with Crippen LogP contribution in [0.5, 0.6) is 0 Å². The average Bonchev–Trinajstić information content (AvgIpc) is 2.43. The molecule has 1 unspecified atom stereocenters. The van der Waals surface area contributed by atoms with Gasteiger partial charge < -0.3 is 14.8 Å². The molecule has 0 saturated heterocycles. The summed E-state index contributed by atoms with van der Waals surface area (Å²) in [4.78, 5) is 0. The van der Waals surface area contributed by atoms with Gasteiger partial charge in [0.15, 0.2) is 0 Å². The molecular formula is C18H31NO2. The van der Waals surface area contributed by atoms with Crippen molar-refractivity contribution in [2.24, 2.45) is 5.92 Å². The van der Waals surface area contributed by atoms with Crippen LogP contribution in [0.1, 0.15) is 32.8 Å². The summed E-state index contributed by atoms with van der Waals surface area (Å²) < 4.78 is 11.0. The second-order valence-electron chi connectivity index (χ2n) is 6.50. The van der Waals surface area contributed by atoms with E-state index >= 15 is 0 Å². The van der Waals surface area contributed by atoms with Gasteiger partial charge in [0.25, 0.3) is 0 Å². The molecule has 21 heavy (non-hydrogen) atoms. The van der Waals surface area contributed by atoms with E-state index in [9.17, 15) is 0 Å². The predicted octanol–water partition coefficient (Wildman–Crippen LogP) is 3.29. The third-order valence-corrected chi connectivity index (χ3v) is 3.34. The second kappa shape index (κ2) is 9.93. The van der Waals surface area contributed by atoms with Gasteiger partial charge in [-0.15, -0.1) is 0 Å². The monoisotopic (exact) mass is 293 g/mol. The number of ether oxygens (including phenoxy) is 2. The first-order valence-corrected chi connectivity index (χ1v) is 7.89. The van der Waals surface area contributed by atoms with Crippen molar-refractivity contribution < 1.29 is 9.47 Å². The van der Waals surface area contributed by atoms with Crippen LogP contribution < -0.4 is 5.32 Å². The zero-order chi connectivity index (χ0) is 15.6. The average molecular weight is 293 g/mol. The smallest absolute Gasteiger partial charge is 0.0598 e. The van der Waals surface area contributed by atoms with Crippen molar-refractivity contribution in [2.45, 2.75) is 39.2 Å². The Labute approximate surface area is 130 Å². The van der Waals surface area contributed by atoms with Gasteiger partial charge >= 0.3 is 0 Å². The minimum atomic E-state index is -0.0548. The molecule has 0 heterocycles. The number of hydrogen-bond acceptors (Lipinski definition) is 3. The summed E-state index contributed by atoms with van der Waals surface area (Å²) in [5.74, 6) is 0.589. The Bertz CT molecular complexity index is 359. The molecule has 1 rings (SSSR count). The Morgan fingerprint density at radius 3 is 2.43 bits per heavy atom. The fraction of sp³-hybridized carbons (Fsp3) is 0.667. The number of benzene rings is 1. The molecule has 0 aliphatic rings. The van der Waals surface area contributed by atoms with Crippen LogP contribution in [0.2, 0.25) is 0 Å². The SMILES string of the molecule is COCCNCC(CCOC(C)(C)C)Cc1ccccc1. The highest BCUT2D eigenvalue weighted by molar-refractivity contribution is 5.15. The Hall–Kier alpha value is -0.900. The fourth-order valence-electron chi connectivity index (χ4n) is 2.24. The molecule has 1 atom stereocenters. The summed E-state index contributed by atoms with van der Waals surface area (Å²) in [5.41, 5.74) is 1.34. The molecule has 0 saturated carbocycles. The molecule has 0 aliphatic carbocycles. The minimum Gasteiger partial charge on any atom is -0.383 e. The van der Waals surface area contributed by atoms with E-state index in [4.69, 9.17) is 9.47 Å². The van der Waals surface area contributed by atoms with E-state index in [0.29, 0.717) is 5.92 Å². The first kappa shape index (κ1) is 18.1. The zero-order valence-electron chi connectivity index (χ0n) is 14.0. The van der Waals surface area contributed by atoms with Gasteiger partial charge in [-0.3, -0.25) is 0 Å². The van der Waals surface area contributed by atoms with Gasteiger partial charge in [0, 0.05) is 20.3 Å². The largest absolute Gasteiger partial charge is 0.383 e. The fourth-order valence-corrected chi connectivity index (χ4v) is 2.24. The van der Waals surface area contributed by atoms with Crippen LogP contribution in [0.4, 0.5) is 0 Å². The highest BCUT2D eigenvalue weighted by Gasteiger charge is 2.14. The molecule has 0 radical (unpaired) electrons. The van der Waals surface area contributed by atoms with E-state index in [-0.39, 0.29) is 5.60 Å². The topological polar surface area (TPSA) is 30.5 Å². The lowest BCUT2D eigenvalue weighted by molar-refractivity contribution is -0.00923. The van der Waals surface area contributed by atoms with E-state index < -0.39 is 0 Å². The van der Waals surface area contributed by atoms with Crippen molar-refractivity contribution in [3.8, 4) is 0 Å².